The second-order valence-electron chi connectivity index (χ2n) is 8.52. The third-order valence-electron chi connectivity index (χ3n) is 6.20. The Morgan fingerprint density at radius 2 is 1.84 bits per heavy atom. The second kappa shape index (κ2) is 9.36. The Morgan fingerprint density at radius 1 is 1.16 bits per heavy atom. The maximum Gasteiger partial charge on any atom is 0.233 e. The maximum absolute atomic E-state index is 13.2. The van der Waals surface area contributed by atoms with Crippen molar-refractivity contribution in [2.45, 2.75) is 67.1 Å². The predicted molar refractivity (Wildman–Crippen MR) is 119 cm³/mol. The summed E-state index contributed by atoms with van der Waals surface area (Å²) in [5.74, 6) is -0.131. The van der Waals surface area contributed by atoms with Crippen molar-refractivity contribution in [1.82, 2.24) is 4.98 Å². The topological polar surface area (TPSA) is 117 Å². The largest absolute Gasteiger partial charge is 0.393 e. The fourth-order valence-corrected chi connectivity index (χ4v) is 6.63. The summed E-state index contributed by atoms with van der Waals surface area (Å²) in [5, 5.41) is 23.4. The Hall–Kier alpha value is -1.81. The highest BCUT2D eigenvalue weighted by Crippen LogP contribution is 2.37. The third-order valence-corrected chi connectivity index (χ3v) is 9.26. The first-order valence-corrected chi connectivity index (χ1v) is 13.2. The summed E-state index contributed by atoms with van der Waals surface area (Å²) in [5.41, 5.74) is 1.12. The van der Waals surface area contributed by atoms with E-state index in [1.54, 1.807) is 29.6 Å². The fraction of sp³-hybridized carbons (Fsp3) is 0.545. The van der Waals surface area contributed by atoms with Gasteiger partial charge < -0.3 is 15.5 Å². The van der Waals surface area contributed by atoms with E-state index in [4.69, 9.17) is 5.11 Å². The van der Waals surface area contributed by atoms with Crippen molar-refractivity contribution in [3.05, 3.63) is 40.9 Å². The molecular weight excluding hydrogens is 436 g/mol. The van der Waals surface area contributed by atoms with Gasteiger partial charge in [-0.15, -0.1) is 11.3 Å². The van der Waals surface area contributed by atoms with Crippen molar-refractivity contribution >= 4 is 32.2 Å². The molecule has 1 aromatic heterocycles. The molecule has 3 N–H and O–H groups in total. The van der Waals surface area contributed by atoms with Crippen LogP contribution in [0, 0.1) is 5.92 Å². The molecular formula is C22H28N2O5S2. The standard InChI is InChI=1S/C22H28N2O5S2/c25-12-20(26)19-13-30-22(23-19)24-21(27)18(11-14-3-1-2-4-14)15-5-7-16(8-6-15)31(28,29)17-9-10-17/h5-8,13-14,17-18,20,25-26H,1-4,9-12H2,(H,23,24,27)/t18-,20?/m1/s1. The molecule has 4 rings (SSSR count). The normalized spacial score (nSPS) is 19.3. The van der Waals surface area contributed by atoms with Crippen LogP contribution in [0.1, 0.15) is 68.2 Å². The highest BCUT2D eigenvalue weighted by molar-refractivity contribution is 7.92. The molecule has 2 fully saturated rings. The van der Waals surface area contributed by atoms with Crippen molar-refractivity contribution in [1.29, 1.82) is 0 Å². The average Bonchev–Trinajstić information content (AvgIpc) is 3.33. The number of hydrogen-bond donors (Lipinski definition) is 3. The first-order chi connectivity index (χ1) is 14.9. The summed E-state index contributed by atoms with van der Waals surface area (Å²) < 4.78 is 25.0. The minimum absolute atomic E-state index is 0.191. The van der Waals surface area contributed by atoms with Crippen molar-refractivity contribution in [3.63, 3.8) is 0 Å². The molecule has 1 heterocycles. The molecule has 1 amide bonds. The van der Waals surface area contributed by atoms with Crippen LogP contribution in [0.2, 0.25) is 0 Å². The number of benzene rings is 1. The van der Waals surface area contributed by atoms with Gasteiger partial charge in [0.2, 0.25) is 5.91 Å². The monoisotopic (exact) mass is 464 g/mol. The molecule has 168 valence electrons. The maximum atomic E-state index is 13.2. The van der Waals surface area contributed by atoms with Gasteiger partial charge in [-0.05, 0) is 42.9 Å². The number of aliphatic hydroxyl groups is 2. The van der Waals surface area contributed by atoms with E-state index in [1.165, 1.54) is 24.2 Å². The van der Waals surface area contributed by atoms with Gasteiger partial charge in [-0.3, -0.25) is 4.79 Å². The Balaban J connectivity index is 1.53. The number of nitrogens with zero attached hydrogens (tertiary/aromatic N) is 1. The number of anilines is 1. The fourth-order valence-electron chi connectivity index (χ4n) is 4.22. The number of sulfone groups is 1. The van der Waals surface area contributed by atoms with Crippen molar-refractivity contribution in [3.8, 4) is 0 Å². The number of rotatable bonds is 9. The summed E-state index contributed by atoms with van der Waals surface area (Å²) in [4.78, 5) is 17.7. The van der Waals surface area contributed by atoms with Crippen molar-refractivity contribution < 1.29 is 23.4 Å². The molecule has 2 aromatic rings. The Kier molecular flexibility index (Phi) is 6.76. The smallest absolute Gasteiger partial charge is 0.233 e. The zero-order valence-electron chi connectivity index (χ0n) is 17.2. The minimum atomic E-state index is -3.26. The van der Waals surface area contributed by atoms with Crippen LogP contribution in [-0.4, -0.2) is 41.4 Å². The highest BCUT2D eigenvalue weighted by Gasteiger charge is 2.37. The van der Waals surface area contributed by atoms with Crippen LogP contribution in [0.3, 0.4) is 0 Å². The lowest BCUT2D eigenvalue weighted by Gasteiger charge is -2.20. The molecule has 2 aliphatic rings. The van der Waals surface area contributed by atoms with Gasteiger partial charge in [0, 0.05) is 5.38 Å². The molecule has 2 aliphatic carbocycles. The number of thiazole rings is 1. The van der Waals surface area contributed by atoms with E-state index in [0.717, 1.165) is 31.2 Å². The average molecular weight is 465 g/mol. The number of amides is 1. The van der Waals surface area contributed by atoms with Crippen LogP contribution in [0.25, 0.3) is 0 Å². The van der Waals surface area contributed by atoms with E-state index < -0.39 is 28.5 Å². The van der Waals surface area contributed by atoms with Crippen molar-refractivity contribution in [2.24, 2.45) is 5.92 Å². The molecule has 9 heteroatoms. The van der Waals surface area contributed by atoms with Gasteiger partial charge in [0.05, 0.1) is 28.4 Å². The lowest BCUT2D eigenvalue weighted by molar-refractivity contribution is -0.118. The third kappa shape index (κ3) is 5.16. The summed E-state index contributed by atoms with van der Waals surface area (Å²) in [6.07, 6.45) is 5.62. The van der Waals surface area contributed by atoms with Crippen molar-refractivity contribution in [2.75, 3.05) is 11.9 Å². The second-order valence-corrected chi connectivity index (χ2v) is 11.6. The van der Waals surface area contributed by atoms with Gasteiger partial charge in [0.15, 0.2) is 15.0 Å². The van der Waals surface area contributed by atoms with Gasteiger partial charge in [-0.1, -0.05) is 37.8 Å². The number of carbonyl (C=O) groups is 1. The molecule has 1 aromatic carbocycles. The molecule has 0 bridgehead atoms. The molecule has 2 saturated carbocycles. The lowest BCUT2D eigenvalue weighted by Crippen LogP contribution is -2.23. The SMILES string of the molecule is O=C(Nc1nc(C(O)CO)cs1)[C@H](CC1CCCC1)c1ccc(S(=O)(=O)C2CC2)cc1. The van der Waals surface area contributed by atoms with E-state index >= 15 is 0 Å². The number of hydrogen-bond acceptors (Lipinski definition) is 7. The summed E-state index contributed by atoms with van der Waals surface area (Å²) in [7, 11) is -3.26. The Labute approximate surface area is 186 Å². The highest BCUT2D eigenvalue weighted by atomic mass is 32.2. The molecule has 0 saturated heterocycles. The van der Waals surface area contributed by atoms with Crippen LogP contribution in [0.15, 0.2) is 34.5 Å². The molecule has 0 aliphatic heterocycles. The number of aromatic nitrogens is 1. The summed E-state index contributed by atoms with van der Waals surface area (Å²) >= 11 is 1.20. The van der Waals surface area contributed by atoms with Gasteiger partial charge >= 0.3 is 0 Å². The van der Waals surface area contributed by atoms with Gasteiger partial charge in [0.25, 0.3) is 0 Å². The molecule has 0 radical (unpaired) electrons. The van der Waals surface area contributed by atoms with E-state index in [9.17, 15) is 18.3 Å². The van der Waals surface area contributed by atoms with Crippen LogP contribution >= 0.6 is 11.3 Å². The van der Waals surface area contributed by atoms with Crippen LogP contribution in [0.4, 0.5) is 5.13 Å². The zero-order valence-corrected chi connectivity index (χ0v) is 18.9. The van der Waals surface area contributed by atoms with Gasteiger partial charge in [-0.2, -0.15) is 0 Å². The van der Waals surface area contributed by atoms with E-state index in [0.29, 0.717) is 28.1 Å². The Morgan fingerprint density at radius 3 is 2.45 bits per heavy atom. The van der Waals surface area contributed by atoms with Crippen LogP contribution < -0.4 is 5.32 Å². The number of aliphatic hydroxyl groups excluding tert-OH is 2. The summed E-state index contributed by atoms with van der Waals surface area (Å²) in [6, 6.07) is 6.77. The predicted octanol–water partition coefficient (Wildman–Crippen LogP) is 3.41. The molecule has 7 nitrogen and oxygen atoms in total. The van der Waals surface area contributed by atoms with Crippen LogP contribution in [0.5, 0.6) is 0 Å². The number of carbonyl (C=O) groups excluding carboxylic acids is 1. The minimum Gasteiger partial charge on any atom is -0.393 e. The first kappa shape index (κ1) is 22.4. The zero-order chi connectivity index (χ0) is 22.0. The molecule has 1 unspecified atom stereocenters. The first-order valence-electron chi connectivity index (χ1n) is 10.8. The molecule has 2 atom stereocenters. The van der Waals surface area contributed by atoms with Gasteiger partial charge in [0.1, 0.15) is 6.10 Å². The van der Waals surface area contributed by atoms with E-state index in [1.807, 2.05) is 0 Å². The number of nitrogens with one attached hydrogen (secondary N) is 1. The summed E-state index contributed by atoms with van der Waals surface area (Å²) in [6.45, 7) is -0.433. The van der Waals surface area contributed by atoms with E-state index in [2.05, 4.69) is 10.3 Å². The lowest BCUT2D eigenvalue weighted by atomic mass is 9.87. The quantitative estimate of drug-likeness (QED) is 0.524. The molecule has 31 heavy (non-hydrogen) atoms. The van der Waals surface area contributed by atoms with Crippen LogP contribution in [-0.2, 0) is 14.6 Å². The van der Waals surface area contributed by atoms with E-state index in [-0.39, 0.29) is 11.2 Å². The Bertz CT molecular complexity index is 1010. The van der Waals surface area contributed by atoms with Gasteiger partial charge in [-0.25, -0.2) is 13.4 Å². The molecule has 0 spiro atoms.